The number of rotatable bonds is 5. The summed E-state index contributed by atoms with van der Waals surface area (Å²) in [4.78, 5) is 19.7. The molecule has 1 heterocycles. The van der Waals surface area contributed by atoms with Gasteiger partial charge in [0.15, 0.2) is 0 Å². The van der Waals surface area contributed by atoms with Crippen LogP contribution in [0.5, 0.6) is 5.75 Å². The van der Waals surface area contributed by atoms with Gasteiger partial charge in [0.25, 0.3) is 5.91 Å². The van der Waals surface area contributed by atoms with Crippen LogP contribution in [0.2, 0.25) is 5.15 Å². The fraction of sp³-hybridized carbons (Fsp3) is 0.267. The van der Waals surface area contributed by atoms with Crippen molar-refractivity contribution in [2.75, 3.05) is 0 Å². The molecule has 0 bridgehead atoms. The first kappa shape index (κ1) is 15.3. The van der Waals surface area contributed by atoms with Gasteiger partial charge in [-0.2, -0.15) is 0 Å². The van der Waals surface area contributed by atoms with Crippen LogP contribution in [0.15, 0.2) is 36.7 Å². The maximum atomic E-state index is 12.0. The molecule has 2 N–H and O–H groups in total. The second-order valence-electron chi connectivity index (χ2n) is 4.81. The van der Waals surface area contributed by atoms with E-state index in [2.05, 4.69) is 15.3 Å². The summed E-state index contributed by atoms with van der Waals surface area (Å²) in [7, 11) is 0. The molecule has 5 nitrogen and oxygen atoms in total. The maximum Gasteiger partial charge on any atom is 0.271 e. The Morgan fingerprint density at radius 3 is 2.71 bits per heavy atom. The highest BCUT2D eigenvalue weighted by atomic mass is 35.5. The second-order valence-corrected chi connectivity index (χ2v) is 5.19. The Labute approximate surface area is 128 Å². The number of nitrogens with one attached hydrogen (secondary N) is 1. The third-order valence-electron chi connectivity index (χ3n) is 3.02. The van der Waals surface area contributed by atoms with Crippen molar-refractivity contribution >= 4 is 17.5 Å². The normalized spacial score (nSPS) is 11.9. The number of aryl methyl sites for hydroxylation is 1. The molecule has 21 heavy (non-hydrogen) atoms. The Bertz CT molecular complexity index is 617. The van der Waals surface area contributed by atoms with Gasteiger partial charge in [0.1, 0.15) is 16.6 Å². The average molecular weight is 306 g/mol. The molecule has 0 fully saturated rings. The van der Waals surface area contributed by atoms with Gasteiger partial charge in [-0.1, -0.05) is 23.7 Å². The van der Waals surface area contributed by atoms with E-state index in [0.29, 0.717) is 0 Å². The molecule has 0 aliphatic heterocycles. The molecule has 0 spiro atoms. The molecule has 1 aromatic heterocycles. The van der Waals surface area contributed by atoms with Crippen LogP contribution in [0.1, 0.15) is 29.4 Å². The van der Waals surface area contributed by atoms with Crippen molar-refractivity contribution < 1.29 is 9.90 Å². The van der Waals surface area contributed by atoms with Crippen LogP contribution < -0.4 is 5.32 Å². The van der Waals surface area contributed by atoms with Crippen molar-refractivity contribution in [3.8, 4) is 5.75 Å². The first-order chi connectivity index (χ1) is 10.0. The molecule has 0 saturated carbocycles. The van der Waals surface area contributed by atoms with E-state index in [-0.39, 0.29) is 28.5 Å². The minimum Gasteiger partial charge on any atom is -0.508 e. The lowest BCUT2D eigenvalue weighted by Crippen LogP contribution is -2.33. The van der Waals surface area contributed by atoms with Gasteiger partial charge < -0.3 is 10.4 Å². The summed E-state index contributed by atoms with van der Waals surface area (Å²) in [6, 6.07) is 7.03. The lowest BCUT2D eigenvalue weighted by atomic mass is 10.1. The number of carbonyl (C=O) groups excluding carboxylic acids is 1. The number of phenols is 1. The first-order valence-electron chi connectivity index (χ1n) is 6.61. The van der Waals surface area contributed by atoms with Crippen molar-refractivity contribution in [3.63, 3.8) is 0 Å². The van der Waals surface area contributed by atoms with E-state index in [0.717, 1.165) is 18.4 Å². The number of hydrogen-bond donors (Lipinski definition) is 2. The summed E-state index contributed by atoms with van der Waals surface area (Å²) in [6.45, 7) is 1.93. The number of aromatic nitrogens is 2. The third kappa shape index (κ3) is 4.72. The Hall–Kier alpha value is -2.14. The number of halogens is 1. The van der Waals surface area contributed by atoms with Crippen LogP contribution in [0.25, 0.3) is 0 Å². The van der Waals surface area contributed by atoms with Gasteiger partial charge in [0, 0.05) is 6.04 Å². The SMILES string of the molecule is CC(CCc1ccc(O)cc1)NC(=O)c1cncc(Cl)n1. The van der Waals surface area contributed by atoms with E-state index in [9.17, 15) is 9.90 Å². The molecule has 0 aliphatic carbocycles. The number of carbonyl (C=O) groups is 1. The van der Waals surface area contributed by atoms with Crippen LogP contribution >= 0.6 is 11.6 Å². The number of amides is 1. The Balaban J connectivity index is 1.85. The topological polar surface area (TPSA) is 75.1 Å². The van der Waals surface area contributed by atoms with E-state index in [1.54, 1.807) is 12.1 Å². The summed E-state index contributed by atoms with van der Waals surface area (Å²) in [5.41, 5.74) is 1.32. The standard InChI is InChI=1S/C15H16ClN3O2/c1-10(2-3-11-4-6-12(20)7-5-11)18-15(21)13-8-17-9-14(16)19-13/h4-10,20H,2-3H2,1H3,(H,18,21). The lowest BCUT2D eigenvalue weighted by Gasteiger charge is -2.13. The Kier molecular flexibility index (Phi) is 5.11. The largest absolute Gasteiger partial charge is 0.508 e. The van der Waals surface area contributed by atoms with E-state index in [4.69, 9.17) is 11.6 Å². The third-order valence-corrected chi connectivity index (χ3v) is 3.20. The highest BCUT2D eigenvalue weighted by Crippen LogP contribution is 2.12. The summed E-state index contributed by atoms with van der Waals surface area (Å²) in [6.07, 6.45) is 4.36. The smallest absolute Gasteiger partial charge is 0.271 e. The number of hydrogen-bond acceptors (Lipinski definition) is 4. The number of phenolic OH excluding ortho intramolecular Hbond substituents is 1. The number of nitrogens with zero attached hydrogens (tertiary/aromatic N) is 2. The molecule has 6 heteroatoms. The zero-order valence-electron chi connectivity index (χ0n) is 11.6. The molecule has 110 valence electrons. The van der Waals surface area contributed by atoms with Gasteiger partial charge in [0.2, 0.25) is 0 Å². The molecule has 0 aliphatic rings. The number of benzene rings is 1. The van der Waals surface area contributed by atoms with Gasteiger partial charge in [-0.15, -0.1) is 0 Å². The highest BCUT2D eigenvalue weighted by molar-refractivity contribution is 6.29. The Morgan fingerprint density at radius 2 is 2.05 bits per heavy atom. The van der Waals surface area contributed by atoms with Crippen LogP contribution in [0, 0.1) is 0 Å². The first-order valence-corrected chi connectivity index (χ1v) is 6.98. The monoisotopic (exact) mass is 305 g/mol. The summed E-state index contributed by atoms with van der Waals surface area (Å²) >= 11 is 5.71. The van der Waals surface area contributed by atoms with Crippen LogP contribution in [-0.2, 0) is 6.42 Å². The molecule has 1 atom stereocenters. The van der Waals surface area contributed by atoms with Crippen LogP contribution in [0.3, 0.4) is 0 Å². The summed E-state index contributed by atoms with van der Waals surface area (Å²) in [5.74, 6) is -0.0390. The second kappa shape index (κ2) is 7.04. The summed E-state index contributed by atoms with van der Waals surface area (Å²) < 4.78 is 0. The van der Waals surface area contributed by atoms with Crippen molar-refractivity contribution in [3.05, 3.63) is 53.1 Å². The van der Waals surface area contributed by atoms with Crippen molar-refractivity contribution in [2.24, 2.45) is 0 Å². The van der Waals surface area contributed by atoms with E-state index in [1.807, 2.05) is 19.1 Å². The zero-order chi connectivity index (χ0) is 15.2. The van der Waals surface area contributed by atoms with Gasteiger partial charge in [0.05, 0.1) is 12.4 Å². The molecule has 1 unspecified atom stereocenters. The molecule has 1 aromatic carbocycles. The molecular formula is C15H16ClN3O2. The molecule has 0 radical (unpaired) electrons. The molecular weight excluding hydrogens is 290 g/mol. The highest BCUT2D eigenvalue weighted by Gasteiger charge is 2.12. The fourth-order valence-corrected chi connectivity index (χ4v) is 2.01. The van der Waals surface area contributed by atoms with Gasteiger partial charge >= 0.3 is 0 Å². The average Bonchev–Trinajstić information content (AvgIpc) is 2.46. The number of aromatic hydroxyl groups is 1. The zero-order valence-corrected chi connectivity index (χ0v) is 12.3. The van der Waals surface area contributed by atoms with Gasteiger partial charge in [-0.05, 0) is 37.5 Å². The summed E-state index contributed by atoms with van der Waals surface area (Å²) in [5, 5.41) is 12.3. The maximum absolute atomic E-state index is 12.0. The van der Waals surface area contributed by atoms with Crippen molar-refractivity contribution in [1.82, 2.24) is 15.3 Å². The molecule has 2 aromatic rings. The van der Waals surface area contributed by atoms with Crippen molar-refractivity contribution in [2.45, 2.75) is 25.8 Å². The van der Waals surface area contributed by atoms with E-state index in [1.165, 1.54) is 12.4 Å². The Morgan fingerprint density at radius 1 is 1.33 bits per heavy atom. The minimum atomic E-state index is -0.289. The molecule has 1 amide bonds. The van der Waals surface area contributed by atoms with Gasteiger partial charge in [-0.3, -0.25) is 9.78 Å². The van der Waals surface area contributed by atoms with Gasteiger partial charge in [-0.25, -0.2) is 4.98 Å². The predicted molar refractivity (Wildman–Crippen MR) is 80.4 cm³/mol. The molecule has 0 saturated heterocycles. The molecule has 2 rings (SSSR count). The van der Waals surface area contributed by atoms with Crippen molar-refractivity contribution in [1.29, 1.82) is 0 Å². The minimum absolute atomic E-state index is 0.00733. The lowest BCUT2D eigenvalue weighted by molar-refractivity contribution is 0.0933. The van der Waals surface area contributed by atoms with Crippen LogP contribution in [-0.4, -0.2) is 27.0 Å². The van der Waals surface area contributed by atoms with E-state index >= 15 is 0 Å². The van der Waals surface area contributed by atoms with Crippen LogP contribution in [0.4, 0.5) is 0 Å². The fourth-order valence-electron chi connectivity index (χ4n) is 1.87. The predicted octanol–water partition coefficient (Wildman–Crippen LogP) is 2.59. The quantitative estimate of drug-likeness (QED) is 0.890. The van der Waals surface area contributed by atoms with E-state index < -0.39 is 0 Å².